The molecule has 0 saturated carbocycles. The van der Waals surface area contributed by atoms with Gasteiger partial charge in [-0.2, -0.15) is 5.10 Å². The zero-order valence-electron chi connectivity index (χ0n) is 14.0. The third-order valence-corrected chi connectivity index (χ3v) is 4.45. The first-order valence-electron chi connectivity index (χ1n) is 8.40. The van der Waals surface area contributed by atoms with E-state index in [0.29, 0.717) is 23.9 Å². The van der Waals surface area contributed by atoms with Crippen LogP contribution in [0.15, 0.2) is 48.5 Å². The zero-order valence-corrected chi connectivity index (χ0v) is 14.0. The number of carbonyl (C=O) groups excluding carboxylic acids is 1. The van der Waals surface area contributed by atoms with Crippen molar-refractivity contribution in [3.8, 4) is 5.69 Å². The largest absolute Gasteiger partial charge is 0.369 e. The predicted molar refractivity (Wildman–Crippen MR) is 93.9 cm³/mol. The summed E-state index contributed by atoms with van der Waals surface area (Å²) in [6.45, 7) is 0.710. The molecule has 2 aromatic carbocycles. The van der Waals surface area contributed by atoms with Crippen LogP contribution in [-0.2, 0) is 24.2 Å². The highest BCUT2D eigenvalue weighted by molar-refractivity contribution is 5.75. The summed E-state index contributed by atoms with van der Waals surface area (Å²) in [7, 11) is 0. The van der Waals surface area contributed by atoms with Gasteiger partial charge in [0.1, 0.15) is 11.6 Å². The van der Waals surface area contributed by atoms with Gasteiger partial charge >= 0.3 is 0 Å². The maximum atomic E-state index is 13.7. The molecule has 26 heavy (non-hydrogen) atoms. The van der Waals surface area contributed by atoms with Crippen molar-refractivity contribution in [3.63, 3.8) is 0 Å². The van der Waals surface area contributed by atoms with Crippen molar-refractivity contribution in [2.45, 2.75) is 25.4 Å². The molecule has 1 amide bonds. The van der Waals surface area contributed by atoms with Crippen LogP contribution in [-0.4, -0.2) is 20.7 Å². The van der Waals surface area contributed by atoms with E-state index in [1.54, 1.807) is 16.8 Å². The number of amides is 1. The lowest BCUT2D eigenvalue weighted by atomic mass is 9.95. The molecule has 0 unspecified atom stereocenters. The van der Waals surface area contributed by atoms with E-state index in [9.17, 15) is 9.18 Å². The number of carbonyl (C=O) groups is 1. The molecule has 7 heteroatoms. The summed E-state index contributed by atoms with van der Waals surface area (Å²) >= 11 is 0. The Morgan fingerprint density at radius 1 is 1.23 bits per heavy atom. The lowest BCUT2D eigenvalue weighted by Gasteiger charge is -2.25. The molecular weight excluding hydrogens is 333 g/mol. The standard InChI is InChI=1S/C19H18FN5O/c20-14-6-3-7-15(9-14)25-19(23-18(24-25)10-17(21)26)16-8-12-4-1-2-5-13(12)11-22-16/h1-7,9,16,22H,8,10-11H2,(H2,21,26)/t16-/m1/s1. The van der Waals surface area contributed by atoms with Crippen LogP contribution in [0.5, 0.6) is 0 Å². The first-order valence-corrected chi connectivity index (χ1v) is 8.40. The first-order chi connectivity index (χ1) is 12.6. The minimum Gasteiger partial charge on any atom is -0.369 e. The molecule has 132 valence electrons. The number of fused-ring (bicyclic) bond motifs is 1. The Balaban J connectivity index is 1.75. The van der Waals surface area contributed by atoms with Crippen LogP contribution in [0, 0.1) is 5.82 Å². The number of aromatic nitrogens is 3. The minimum atomic E-state index is -0.505. The van der Waals surface area contributed by atoms with Gasteiger partial charge in [0.05, 0.1) is 18.2 Å². The van der Waals surface area contributed by atoms with Crippen molar-refractivity contribution in [3.05, 3.63) is 77.1 Å². The monoisotopic (exact) mass is 351 g/mol. The number of nitrogens with two attached hydrogens (primary N) is 1. The van der Waals surface area contributed by atoms with Crippen LogP contribution in [0.1, 0.15) is 28.8 Å². The molecule has 1 atom stereocenters. The average Bonchev–Trinajstić information content (AvgIpc) is 3.04. The Labute approximate surface area is 149 Å². The number of hydrogen-bond donors (Lipinski definition) is 2. The number of nitrogens with one attached hydrogen (secondary N) is 1. The van der Waals surface area contributed by atoms with Crippen molar-refractivity contribution in [1.29, 1.82) is 0 Å². The average molecular weight is 351 g/mol. The third kappa shape index (κ3) is 3.21. The quantitative estimate of drug-likeness (QED) is 0.751. The highest BCUT2D eigenvalue weighted by atomic mass is 19.1. The van der Waals surface area contributed by atoms with Gasteiger partial charge in [-0.25, -0.2) is 14.1 Å². The van der Waals surface area contributed by atoms with Crippen LogP contribution in [0.3, 0.4) is 0 Å². The van der Waals surface area contributed by atoms with Gasteiger partial charge in [0.25, 0.3) is 0 Å². The number of primary amides is 1. The summed E-state index contributed by atoms with van der Waals surface area (Å²) in [6, 6.07) is 14.3. The van der Waals surface area contributed by atoms with Crippen molar-refractivity contribution in [2.24, 2.45) is 5.73 Å². The van der Waals surface area contributed by atoms with E-state index in [0.717, 1.165) is 6.42 Å². The summed E-state index contributed by atoms with van der Waals surface area (Å²) < 4.78 is 15.3. The predicted octanol–water partition coefficient (Wildman–Crippen LogP) is 1.82. The second kappa shape index (κ2) is 6.68. The molecule has 0 bridgehead atoms. The Morgan fingerprint density at radius 2 is 2.04 bits per heavy atom. The fraction of sp³-hybridized carbons (Fsp3) is 0.211. The number of rotatable bonds is 4. The van der Waals surface area contributed by atoms with E-state index >= 15 is 0 Å². The van der Waals surface area contributed by atoms with E-state index in [2.05, 4.69) is 27.5 Å². The molecular formula is C19H18FN5O. The van der Waals surface area contributed by atoms with Crippen molar-refractivity contribution in [1.82, 2.24) is 20.1 Å². The summed E-state index contributed by atoms with van der Waals surface area (Å²) in [5, 5.41) is 7.84. The van der Waals surface area contributed by atoms with Crippen LogP contribution in [0.25, 0.3) is 5.69 Å². The maximum Gasteiger partial charge on any atom is 0.225 e. The van der Waals surface area contributed by atoms with Gasteiger partial charge in [0.15, 0.2) is 5.82 Å². The molecule has 0 fully saturated rings. The topological polar surface area (TPSA) is 85.8 Å². The van der Waals surface area contributed by atoms with Crippen LogP contribution >= 0.6 is 0 Å². The van der Waals surface area contributed by atoms with Gasteiger partial charge in [0.2, 0.25) is 5.91 Å². The summed E-state index contributed by atoms with van der Waals surface area (Å²) in [5.74, 6) is 0.107. The number of halogens is 1. The zero-order chi connectivity index (χ0) is 18.1. The third-order valence-electron chi connectivity index (χ3n) is 4.45. The molecule has 4 rings (SSSR count). The van der Waals surface area contributed by atoms with Crippen LogP contribution in [0.2, 0.25) is 0 Å². The van der Waals surface area contributed by atoms with Gasteiger partial charge in [-0.3, -0.25) is 4.79 Å². The van der Waals surface area contributed by atoms with Crippen molar-refractivity contribution in [2.75, 3.05) is 0 Å². The Morgan fingerprint density at radius 3 is 2.81 bits per heavy atom. The van der Waals surface area contributed by atoms with Crippen molar-refractivity contribution >= 4 is 5.91 Å². The fourth-order valence-corrected chi connectivity index (χ4v) is 3.26. The van der Waals surface area contributed by atoms with Gasteiger partial charge < -0.3 is 11.1 Å². The second-order valence-electron chi connectivity index (χ2n) is 6.33. The molecule has 3 aromatic rings. The lowest BCUT2D eigenvalue weighted by Crippen LogP contribution is -2.30. The molecule has 0 aliphatic carbocycles. The van der Waals surface area contributed by atoms with E-state index < -0.39 is 5.91 Å². The summed E-state index contributed by atoms with van der Waals surface area (Å²) in [5.41, 5.74) is 8.33. The van der Waals surface area contributed by atoms with E-state index in [-0.39, 0.29) is 18.3 Å². The van der Waals surface area contributed by atoms with E-state index in [1.165, 1.54) is 23.3 Å². The van der Waals surface area contributed by atoms with Crippen LogP contribution in [0.4, 0.5) is 4.39 Å². The molecule has 2 heterocycles. The maximum absolute atomic E-state index is 13.7. The minimum absolute atomic E-state index is 0.0569. The number of nitrogens with zero attached hydrogens (tertiary/aromatic N) is 3. The fourth-order valence-electron chi connectivity index (χ4n) is 3.26. The summed E-state index contributed by atoms with van der Waals surface area (Å²) in [4.78, 5) is 15.8. The molecule has 0 radical (unpaired) electrons. The second-order valence-corrected chi connectivity index (χ2v) is 6.33. The van der Waals surface area contributed by atoms with Gasteiger partial charge in [-0.1, -0.05) is 30.3 Å². The van der Waals surface area contributed by atoms with E-state index in [1.807, 2.05) is 12.1 Å². The van der Waals surface area contributed by atoms with Crippen LogP contribution < -0.4 is 11.1 Å². The SMILES string of the molecule is NC(=O)Cc1nc([C@H]2Cc3ccccc3CN2)n(-c2cccc(F)c2)n1. The molecule has 1 aromatic heterocycles. The van der Waals surface area contributed by atoms with E-state index in [4.69, 9.17) is 5.73 Å². The normalized spacial score (nSPS) is 16.3. The Bertz CT molecular complexity index is 968. The van der Waals surface area contributed by atoms with Crippen molar-refractivity contribution < 1.29 is 9.18 Å². The van der Waals surface area contributed by atoms with Gasteiger partial charge in [-0.05, 0) is 35.7 Å². The molecule has 0 spiro atoms. The molecule has 1 aliphatic heterocycles. The Kier molecular flexibility index (Phi) is 4.22. The van der Waals surface area contributed by atoms with Gasteiger partial charge in [-0.15, -0.1) is 0 Å². The number of benzene rings is 2. The molecule has 6 nitrogen and oxygen atoms in total. The smallest absolute Gasteiger partial charge is 0.225 e. The number of hydrogen-bond acceptors (Lipinski definition) is 4. The van der Waals surface area contributed by atoms with Gasteiger partial charge in [0, 0.05) is 6.54 Å². The highest BCUT2D eigenvalue weighted by Crippen LogP contribution is 2.26. The molecule has 3 N–H and O–H groups in total. The molecule has 0 saturated heterocycles. The summed E-state index contributed by atoms with van der Waals surface area (Å²) in [6.07, 6.45) is 0.679. The first kappa shape index (κ1) is 16.4. The Hall–Kier alpha value is -3.06. The highest BCUT2D eigenvalue weighted by Gasteiger charge is 2.26. The molecule has 1 aliphatic rings. The lowest BCUT2D eigenvalue weighted by molar-refractivity contribution is -0.117.